The van der Waals surface area contributed by atoms with E-state index in [0.717, 1.165) is 50.6 Å². The van der Waals surface area contributed by atoms with Crippen LogP contribution < -0.4 is 10.1 Å². The number of hydrogen-bond donors (Lipinski definition) is 1. The normalized spacial score (nSPS) is 16.0. The largest absolute Gasteiger partial charge is 0.490 e. The van der Waals surface area contributed by atoms with E-state index in [9.17, 15) is 0 Å². The van der Waals surface area contributed by atoms with Crippen LogP contribution in [0.5, 0.6) is 5.75 Å². The zero-order chi connectivity index (χ0) is 17.6. The Morgan fingerprint density at radius 2 is 1.84 bits per heavy atom. The maximum absolute atomic E-state index is 6.03. The molecule has 1 N–H and O–H groups in total. The van der Waals surface area contributed by atoms with E-state index in [-0.39, 0.29) is 6.10 Å². The number of anilines is 1. The maximum atomic E-state index is 6.03. The molecule has 0 atom stereocenters. The lowest BCUT2D eigenvalue weighted by atomic mass is 10.1. The summed E-state index contributed by atoms with van der Waals surface area (Å²) in [7, 11) is 0. The van der Waals surface area contributed by atoms with Crippen LogP contribution >= 0.6 is 34.8 Å². The predicted octanol–water partition coefficient (Wildman–Crippen LogP) is 4.39. The lowest BCUT2D eigenvalue weighted by Crippen LogP contribution is -2.40. The van der Waals surface area contributed by atoms with Crippen LogP contribution in [0.3, 0.4) is 0 Å². The first-order chi connectivity index (χ1) is 12.1. The minimum absolute atomic E-state index is 0.212. The van der Waals surface area contributed by atoms with Crippen molar-refractivity contribution in [3.63, 3.8) is 0 Å². The lowest BCUT2D eigenvalue weighted by molar-refractivity contribution is 0.103. The number of benzene rings is 1. The molecular weight excluding hydrogens is 383 g/mol. The second kappa shape index (κ2) is 8.90. The molecule has 5 nitrogen and oxygen atoms in total. The van der Waals surface area contributed by atoms with E-state index in [0.29, 0.717) is 15.2 Å². The molecule has 3 rings (SSSR count). The zero-order valence-corrected chi connectivity index (χ0v) is 15.9. The van der Waals surface area contributed by atoms with Crippen LogP contribution in [0.4, 0.5) is 5.82 Å². The Morgan fingerprint density at radius 3 is 2.52 bits per heavy atom. The molecular formula is C17H19Cl3N4O. The fourth-order valence-electron chi connectivity index (χ4n) is 2.75. The molecule has 1 aliphatic heterocycles. The Morgan fingerprint density at radius 1 is 1.04 bits per heavy atom. The molecule has 2 aromatic rings. The minimum atomic E-state index is 0.212. The van der Waals surface area contributed by atoms with E-state index < -0.39 is 0 Å². The number of hydrogen-bond acceptors (Lipinski definition) is 5. The van der Waals surface area contributed by atoms with Crippen LogP contribution in [-0.2, 0) is 0 Å². The highest BCUT2D eigenvalue weighted by Crippen LogP contribution is 2.28. The molecule has 0 amide bonds. The van der Waals surface area contributed by atoms with Crippen molar-refractivity contribution < 1.29 is 4.74 Å². The SMILES string of the molecule is Clc1ccc(NCCN2CCC(Oc3ccc(Cl)c(Cl)c3)CC2)nn1. The van der Waals surface area contributed by atoms with Crippen molar-refractivity contribution in [2.24, 2.45) is 0 Å². The topological polar surface area (TPSA) is 50.3 Å². The molecule has 1 aliphatic rings. The summed E-state index contributed by atoms with van der Waals surface area (Å²) < 4.78 is 6.01. The van der Waals surface area contributed by atoms with Crippen molar-refractivity contribution >= 4 is 40.6 Å². The molecule has 0 spiro atoms. The summed E-state index contributed by atoms with van der Waals surface area (Å²) in [5.74, 6) is 1.51. The van der Waals surface area contributed by atoms with Gasteiger partial charge < -0.3 is 15.0 Å². The third-order valence-corrected chi connectivity index (χ3v) is 5.04. The summed E-state index contributed by atoms with van der Waals surface area (Å²) in [5.41, 5.74) is 0. The highest BCUT2D eigenvalue weighted by molar-refractivity contribution is 6.42. The average molecular weight is 402 g/mol. The van der Waals surface area contributed by atoms with Crippen LogP contribution in [0.25, 0.3) is 0 Å². The summed E-state index contributed by atoms with van der Waals surface area (Å²) >= 11 is 17.7. The smallest absolute Gasteiger partial charge is 0.151 e. The lowest BCUT2D eigenvalue weighted by Gasteiger charge is -2.32. The fourth-order valence-corrected chi connectivity index (χ4v) is 3.13. The van der Waals surface area contributed by atoms with E-state index in [1.807, 2.05) is 12.1 Å². The highest BCUT2D eigenvalue weighted by Gasteiger charge is 2.20. The molecule has 25 heavy (non-hydrogen) atoms. The summed E-state index contributed by atoms with van der Waals surface area (Å²) in [6.07, 6.45) is 2.19. The van der Waals surface area contributed by atoms with Gasteiger partial charge in [-0.3, -0.25) is 0 Å². The Kier molecular flexibility index (Phi) is 6.59. The van der Waals surface area contributed by atoms with Crippen molar-refractivity contribution in [2.45, 2.75) is 18.9 Å². The van der Waals surface area contributed by atoms with Gasteiger partial charge in [-0.25, -0.2) is 0 Å². The van der Waals surface area contributed by atoms with E-state index in [2.05, 4.69) is 20.4 Å². The fraction of sp³-hybridized carbons (Fsp3) is 0.412. The van der Waals surface area contributed by atoms with Gasteiger partial charge in [-0.2, -0.15) is 0 Å². The monoisotopic (exact) mass is 400 g/mol. The van der Waals surface area contributed by atoms with Gasteiger partial charge in [0.1, 0.15) is 17.7 Å². The van der Waals surface area contributed by atoms with Crippen molar-refractivity contribution in [3.05, 3.63) is 45.5 Å². The average Bonchev–Trinajstić information content (AvgIpc) is 2.61. The van der Waals surface area contributed by atoms with Gasteiger partial charge in [-0.1, -0.05) is 34.8 Å². The van der Waals surface area contributed by atoms with Crippen molar-refractivity contribution in [1.82, 2.24) is 15.1 Å². The first-order valence-corrected chi connectivity index (χ1v) is 9.31. The molecule has 1 aromatic carbocycles. The summed E-state index contributed by atoms with van der Waals surface area (Å²) in [5, 5.41) is 12.5. The van der Waals surface area contributed by atoms with E-state index in [1.54, 1.807) is 18.2 Å². The van der Waals surface area contributed by atoms with Crippen LogP contribution in [-0.4, -0.2) is 47.4 Å². The van der Waals surface area contributed by atoms with Crippen molar-refractivity contribution in [1.29, 1.82) is 0 Å². The van der Waals surface area contributed by atoms with Gasteiger partial charge in [-0.15, -0.1) is 10.2 Å². The summed E-state index contributed by atoms with van der Waals surface area (Å²) in [4.78, 5) is 2.41. The van der Waals surface area contributed by atoms with Crippen LogP contribution in [0, 0.1) is 0 Å². The maximum Gasteiger partial charge on any atom is 0.151 e. The predicted molar refractivity (Wildman–Crippen MR) is 102 cm³/mol. The van der Waals surface area contributed by atoms with Crippen LogP contribution in [0.1, 0.15) is 12.8 Å². The number of halogens is 3. The third kappa shape index (κ3) is 5.61. The second-order valence-electron chi connectivity index (χ2n) is 5.90. The first-order valence-electron chi connectivity index (χ1n) is 8.17. The first kappa shape index (κ1) is 18.5. The molecule has 0 radical (unpaired) electrons. The molecule has 0 unspecified atom stereocenters. The number of ether oxygens (including phenoxy) is 1. The quantitative estimate of drug-likeness (QED) is 0.778. The van der Waals surface area contributed by atoms with Gasteiger partial charge in [0.25, 0.3) is 0 Å². The van der Waals surface area contributed by atoms with Crippen LogP contribution in [0.2, 0.25) is 15.2 Å². The van der Waals surface area contributed by atoms with E-state index >= 15 is 0 Å². The van der Waals surface area contributed by atoms with Gasteiger partial charge in [0.05, 0.1) is 10.0 Å². The number of aromatic nitrogens is 2. The number of piperidine rings is 1. The Labute approximate surface area is 162 Å². The summed E-state index contributed by atoms with van der Waals surface area (Å²) in [6.45, 7) is 3.76. The molecule has 1 aromatic heterocycles. The van der Waals surface area contributed by atoms with Crippen LogP contribution in [0.15, 0.2) is 30.3 Å². The van der Waals surface area contributed by atoms with Gasteiger partial charge in [0, 0.05) is 32.2 Å². The van der Waals surface area contributed by atoms with Gasteiger partial charge in [0.15, 0.2) is 5.15 Å². The standard InChI is InChI=1S/C17H19Cl3N4O/c18-14-2-1-13(11-15(14)19)25-12-5-8-24(9-6-12)10-7-21-17-4-3-16(20)22-23-17/h1-4,11-12H,5-10H2,(H,21,23). The van der Waals surface area contributed by atoms with Crippen molar-refractivity contribution in [2.75, 3.05) is 31.5 Å². The zero-order valence-electron chi connectivity index (χ0n) is 13.6. The van der Waals surface area contributed by atoms with Gasteiger partial charge in [-0.05, 0) is 37.1 Å². The molecule has 2 heterocycles. The number of nitrogens with zero attached hydrogens (tertiary/aromatic N) is 3. The van der Waals surface area contributed by atoms with E-state index in [1.165, 1.54) is 0 Å². The van der Waals surface area contributed by atoms with Gasteiger partial charge in [0.2, 0.25) is 0 Å². The number of rotatable bonds is 6. The number of likely N-dealkylation sites (tertiary alicyclic amines) is 1. The molecule has 1 saturated heterocycles. The molecule has 0 bridgehead atoms. The van der Waals surface area contributed by atoms with Gasteiger partial charge >= 0.3 is 0 Å². The molecule has 8 heteroatoms. The molecule has 0 aliphatic carbocycles. The van der Waals surface area contributed by atoms with E-state index in [4.69, 9.17) is 39.5 Å². The Balaban J connectivity index is 1.38. The third-order valence-electron chi connectivity index (χ3n) is 4.09. The minimum Gasteiger partial charge on any atom is -0.490 e. The molecule has 134 valence electrons. The van der Waals surface area contributed by atoms with Crippen molar-refractivity contribution in [3.8, 4) is 5.75 Å². The number of nitrogens with one attached hydrogen (secondary N) is 1. The second-order valence-corrected chi connectivity index (χ2v) is 7.10. The molecule has 1 fully saturated rings. The summed E-state index contributed by atoms with van der Waals surface area (Å²) in [6, 6.07) is 8.94. The molecule has 0 saturated carbocycles. The Hall–Kier alpha value is -1.27. The Bertz CT molecular complexity index is 691. The highest BCUT2D eigenvalue weighted by atomic mass is 35.5.